The third-order valence-electron chi connectivity index (χ3n) is 4.38. The van der Waals surface area contributed by atoms with Crippen LogP contribution in [0.2, 0.25) is 0 Å². The summed E-state index contributed by atoms with van der Waals surface area (Å²) < 4.78 is 0. The number of nitrogens with zero attached hydrogens (tertiary/aromatic N) is 1. The molecule has 1 heterocycles. The van der Waals surface area contributed by atoms with Crippen molar-refractivity contribution in [2.24, 2.45) is 0 Å². The number of carbonyl (C=O) groups is 1. The predicted molar refractivity (Wildman–Crippen MR) is 119 cm³/mol. The molecule has 0 spiro atoms. The number of carbonyl (C=O) groups excluding carboxylic acids is 1. The van der Waals surface area contributed by atoms with Crippen molar-refractivity contribution in [3.63, 3.8) is 0 Å². The number of aromatic nitrogens is 1. The first-order chi connectivity index (χ1) is 13.7. The van der Waals surface area contributed by atoms with Crippen molar-refractivity contribution >= 4 is 28.1 Å². The van der Waals surface area contributed by atoms with Crippen LogP contribution in [0.3, 0.4) is 0 Å². The molecule has 2 N–H and O–H groups in total. The van der Waals surface area contributed by atoms with Crippen LogP contribution < -0.4 is 10.6 Å². The van der Waals surface area contributed by atoms with Crippen LogP contribution in [0.5, 0.6) is 0 Å². The minimum atomic E-state index is -0.0978. The van der Waals surface area contributed by atoms with Crippen molar-refractivity contribution in [1.82, 2.24) is 4.98 Å². The van der Waals surface area contributed by atoms with Crippen molar-refractivity contribution in [2.75, 3.05) is 17.2 Å². The number of hydrogen-bond acceptors (Lipinski definition) is 4. The molecule has 0 aliphatic heterocycles. The summed E-state index contributed by atoms with van der Waals surface area (Å²) in [5, 5.41) is 9.02. The fourth-order valence-electron chi connectivity index (χ4n) is 2.78. The topological polar surface area (TPSA) is 54.0 Å². The first kappa shape index (κ1) is 19.8. The van der Waals surface area contributed by atoms with Gasteiger partial charge in [0.05, 0.1) is 5.69 Å². The zero-order valence-electron chi connectivity index (χ0n) is 16.1. The maximum absolute atomic E-state index is 12.5. The number of rotatable bonds is 9. The van der Waals surface area contributed by atoms with E-state index in [9.17, 15) is 4.79 Å². The summed E-state index contributed by atoms with van der Waals surface area (Å²) in [6.07, 6.45) is 5.20. The van der Waals surface area contributed by atoms with E-state index in [0.717, 1.165) is 28.5 Å². The molecule has 3 rings (SSSR count). The van der Waals surface area contributed by atoms with E-state index in [1.807, 2.05) is 53.9 Å². The molecule has 3 aromatic rings. The summed E-state index contributed by atoms with van der Waals surface area (Å²) >= 11 is 1.56. The fraction of sp³-hybridized carbons (Fsp3) is 0.217. The van der Waals surface area contributed by atoms with E-state index in [1.165, 1.54) is 18.4 Å². The van der Waals surface area contributed by atoms with Gasteiger partial charge in [0.1, 0.15) is 0 Å². The number of anilines is 2. The third kappa shape index (κ3) is 5.30. The van der Waals surface area contributed by atoms with Gasteiger partial charge in [-0.15, -0.1) is 17.9 Å². The van der Waals surface area contributed by atoms with Crippen LogP contribution in [0, 0.1) is 0 Å². The van der Waals surface area contributed by atoms with Gasteiger partial charge in [0, 0.05) is 28.7 Å². The summed E-state index contributed by atoms with van der Waals surface area (Å²) in [7, 11) is 0. The second-order valence-corrected chi connectivity index (χ2v) is 7.40. The Labute approximate surface area is 170 Å². The highest BCUT2D eigenvalue weighted by atomic mass is 32.1. The van der Waals surface area contributed by atoms with Crippen molar-refractivity contribution < 1.29 is 4.79 Å². The lowest BCUT2D eigenvalue weighted by molar-refractivity contribution is 0.102. The number of amides is 1. The molecule has 0 aliphatic carbocycles. The Morgan fingerprint density at radius 1 is 1.14 bits per heavy atom. The molecule has 0 unspecified atom stereocenters. The standard InChI is InChI=1S/C23H25N3OS/c1-3-5-6-17-7-9-19(10-8-17)22(27)25-20-13-11-18(12-14-20)21-16-28-23(26-21)24-15-4-2/h4,7-14,16H,2-3,5-6,15H2,1H3,(H,24,26)(H,25,27). The first-order valence-corrected chi connectivity index (χ1v) is 10.4. The summed E-state index contributed by atoms with van der Waals surface area (Å²) in [6, 6.07) is 15.6. The number of aryl methyl sites for hydroxylation is 1. The molecule has 0 aliphatic rings. The molecule has 2 aromatic carbocycles. The Morgan fingerprint density at radius 2 is 1.89 bits per heavy atom. The lowest BCUT2D eigenvalue weighted by Gasteiger charge is -2.07. The van der Waals surface area contributed by atoms with E-state index in [4.69, 9.17) is 0 Å². The Hall–Kier alpha value is -2.92. The van der Waals surface area contributed by atoms with Crippen molar-refractivity contribution in [3.05, 3.63) is 77.7 Å². The van der Waals surface area contributed by atoms with Crippen LogP contribution in [-0.4, -0.2) is 17.4 Å². The zero-order valence-corrected chi connectivity index (χ0v) is 16.9. The highest BCUT2D eigenvalue weighted by molar-refractivity contribution is 7.14. The van der Waals surface area contributed by atoms with E-state index in [-0.39, 0.29) is 5.91 Å². The van der Waals surface area contributed by atoms with Gasteiger partial charge in [0.25, 0.3) is 5.91 Å². The molecule has 0 saturated carbocycles. The molecule has 1 aromatic heterocycles. The van der Waals surface area contributed by atoms with E-state index < -0.39 is 0 Å². The lowest BCUT2D eigenvalue weighted by atomic mass is 10.1. The summed E-state index contributed by atoms with van der Waals surface area (Å²) in [4.78, 5) is 17.0. The second-order valence-electron chi connectivity index (χ2n) is 6.54. The zero-order chi connectivity index (χ0) is 19.8. The Kier molecular flexibility index (Phi) is 6.98. The van der Waals surface area contributed by atoms with Crippen LogP contribution in [0.25, 0.3) is 11.3 Å². The predicted octanol–water partition coefficient (Wildman–Crippen LogP) is 6.00. The van der Waals surface area contributed by atoms with Crippen LogP contribution in [-0.2, 0) is 6.42 Å². The summed E-state index contributed by atoms with van der Waals surface area (Å²) in [5.74, 6) is -0.0978. The molecule has 4 nitrogen and oxygen atoms in total. The lowest BCUT2D eigenvalue weighted by Crippen LogP contribution is -2.11. The van der Waals surface area contributed by atoms with Gasteiger partial charge in [0.2, 0.25) is 0 Å². The van der Waals surface area contributed by atoms with E-state index in [2.05, 4.69) is 29.1 Å². The highest BCUT2D eigenvalue weighted by Crippen LogP contribution is 2.26. The SMILES string of the molecule is C=CCNc1nc(-c2ccc(NC(=O)c3ccc(CCCC)cc3)cc2)cs1. The van der Waals surface area contributed by atoms with Gasteiger partial charge < -0.3 is 10.6 Å². The molecule has 5 heteroatoms. The Bertz CT molecular complexity index is 914. The van der Waals surface area contributed by atoms with Gasteiger partial charge in [-0.2, -0.15) is 0 Å². The van der Waals surface area contributed by atoms with Gasteiger partial charge >= 0.3 is 0 Å². The summed E-state index contributed by atoms with van der Waals surface area (Å²) in [6.45, 7) is 6.56. The van der Waals surface area contributed by atoms with Gasteiger partial charge in [0.15, 0.2) is 5.13 Å². The minimum Gasteiger partial charge on any atom is -0.358 e. The quantitative estimate of drug-likeness (QED) is 0.440. The van der Waals surface area contributed by atoms with E-state index >= 15 is 0 Å². The van der Waals surface area contributed by atoms with Gasteiger partial charge in [-0.05, 0) is 42.7 Å². The van der Waals surface area contributed by atoms with Crippen LogP contribution in [0.1, 0.15) is 35.7 Å². The van der Waals surface area contributed by atoms with Crippen LogP contribution in [0.4, 0.5) is 10.8 Å². The average Bonchev–Trinajstić information content (AvgIpc) is 3.20. The molecule has 28 heavy (non-hydrogen) atoms. The smallest absolute Gasteiger partial charge is 0.255 e. The molecule has 0 fully saturated rings. The number of unbranched alkanes of at least 4 members (excludes halogenated alkanes) is 1. The van der Waals surface area contributed by atoms with Gasteiger partial charge in [-0.3, -0.25) is 4.79 Å². The number of nitrogens with one attached hydrogen (secondary N) is 2. The Morgan fingerprint density at radius 3 is 2.57 bits per heavy atom. The Balaban J connectivity index is 1.61. The van der Waals surface area contributed by atoms with E-state index in [1.54, 1.807) is 17.4 Å². The molecule has 0 radical (unpaired) electrons. The van der Waals surface area contributed by atoms with E-state index in [0.29, 0.717) is 12.1 Å². The van der Waals surface area contributed by atoms with Crippen molar-refractivity contribution in [3.8, 4) is 11.3 Å². The van der Waals surface area contributed by atoms with Crippen molar-refractivity contribution in [1.29, 1.82) is 0 Å². The molecular weight excluding hydrogens is 366 g/mol. The molecule has 0 saturated heterocycles. The molecule has 0 bridgehead atoms. The third-order valence-corrected chi connectivity index (χ3v) is 5.18. The molecule has 0 atom stereocenters. The fourth-order valence-corrected chi connectivity index (χ4v) is 3.51. The maximum Gasteiger partial charge on any atom is 0.255 e. The first-order valence-electron chi connectivity index (χ1n) is 9.50. The average molecular weight is 392 g/mol. The maximum atomic E-state index is 12.5. The second kappa shape index (κ2) is 9.85. The highest BCUT2D eigenvalue weighted by Gasteiger charge is 2.08. The largest absolute Gasteiger partial charge is 0.358 e. The number of benzene rings is 2. The van der Waals surface area contributed by atoms with Gasteiger partial charge in [-0.25, -0.2) is 4.98 Å². The number of hydrogen-bond donors (Lipinski definition) is 2. The molecular formula is C23H25N3OS. The normalized spacial score (nSPS) is 10.5. The van der Waals surface area contributed by atoms with Crippen LogP contribution in [0.15, 0.2) is 66.6 Å². The van der Waals surface area contributed by atoms with Crippen molar-refractivity contribution in [2.45, 2.75) is 26.2 Å². The summed E-state index contributed by atoms with van der Waals surface area (Å²) in [5.41, 5.74) is 4.64. The molecule has 1 amide bonds. The van der Waals surface area contributed by atoms with Crippen LogP contribution >= 0.6 is 11.3 Å². The molecule has 144 valence electrons. The monoisotopic (exact) mass is 391 g/mol. The minimum absolute atomic E-state index is 0.0978. The number of thiazole rings is 1. The van der Waals surface area contributed by atoms with Gasteiger partial charge in [-0.1, -0.05) is 43.7 Å².